The van der Waals surface area contributed by atoms with Gasteiger partial charge >= 0.3 is 0 Å². The summed E-state index contributed by atoms with van der Waals surface area (Å²) in [6, 6.07) is 4.54. The summed E-state index contributed by atoms with van der Waals surface area (Å²) in [5.41, 5.74) is 9.39. The molecule has 5 nitrogen and oxygen atoms in total. The maximum Gasteiger partial charge on any atom is 0.145 e. The minimum atomic E-state index is -0.314. The standard InChI is InChI=1S/C19H33N3O2/c1-4-15-12-16(5-2)19(24-3)18(13-15)22-10-8-21(9-11-22)14-17(23)6-7-20/h12-13,17,23H,4-11,14,20H2,1-3H3. The molecule has 1 heterocycles. The number of methoxy groups -OCH3 is 1. The van der Waals surface area contributed by atoms with Gasteiger partial charge in [-0.1, -0.05) is 19.9 Å². The minimum Gasteiger partial charge on any atom is -0.494 e. The van der Waals surface area contributed by atoms with Crippen LogP contribution in [0.25, 0.3) is 0 Å². The van der Waals surface area contributed by atoms with Crippen LogP contribution in [-0.4, -0.2) is 62.5 Å². The van der Waals surface area contributed by atoms with Crippen molar-refractivity contribution in [1.29, 1.82) is 0 Å². The van der Waals surface area contributed by atoms with Crippen LogP contribution < -0.4 is 15.4 Å². The fourth-order valence-electron chi connectivity index (χ4n) is 3.43. The Kier molecular flexibility index (Phi) is 7.34. The van der Waals surface area contributed by atoms with Crippen molar-refractivity contribution in [3.05, 3.63) is 23.3 Å². The normalized spacial score (nSPS) is 17.1. The second-order valence-corrected chi connectivity index (χ2v) is 6.53. The molecule has 0 saturated carbocycles. The van der Waals surface area contributed by atoms with Crippen LogP contribution in [0.15, 0.2) is 12.1 Å². The molecule has 1 saturated heterocycles. The Balaban J connectivity index is 2.08. The predicted molar refractivity (Wildman–Crippen MR) is 100 cm³/mol. The van der Waals surface area contributed by atoms with E-state index in [1.54, 1.807) is 7.11 Å². The van der Waals surface area contributed by atoms with E-state index in [0.29, 0.717) is 13.0 Å². The van der Waals surface area contributed by atoms with E-state index >= 15 is 0 Å². The molecular formula is C19H33N3O2. The molecule has 0 amide bonds. The van der Waals surface area contributed by atoms with Crippen LogP contribution in [0.4, 0.5) is 5.69 Å². The van der Waals surface area contributed by atoms with E-state index in [-0.39, 0.29) is 6.10 Å². The Morgan fingerprint density at radius 3 is 2.42 bits per heavy atom. The SMILES string of the molecule is CCc1cc(CC)c(OC)c(N2CCN(CC(O)CCN)CC2)c1. The van der Waals surface area contributed by atoms with Gasteiger partial charge in [0.1, 0.15) is 5.75 Å². The number of benzene rings is 1. The van der Waals surface area contributed by atoms with Gasteiger partial charge in [0.05, 0.1) is 18.9 Å². The van der Waals surface area contributed by atoms with Crippen LogP contribution >= 0.6 is 0 Å². The molecule has 1 unspecified atom stereocenters. The molecule has 5 heteroatoms. The van der Waals surface area contributed by atoms with Gasteiger partial charge in [-0.3, -0.25) is 4.90 Å². The Hall–Kier alpha value is -1.30. The Morgan fingerprint density at radius 2 is 1.88 bits per heavy atom. The van der Waals surface area contributed by atoms with Crippen molar-refractivity contribution < 1.29 is 9.84 Å². The molecule has 0 radical (unpaired) electrons. The number of hydrogen-bond acceptors (Lipinski definition) is 5. The second kappa shape index (κ2) is 9.25. The predicted octanol–water partition coefficient (Wildman–Crippen LogP) is 1.65. The van der Waals surface area contributed by atoms with Gasteiger partial charge in [0.15, 0.2) is 0 Å². The molecule has 1 fully saturated rings. The zero-order valence-corrected chi connectivity index (χ0v) is 15.4. The van der Waals surface area contributed by atoms with Crippen molar-refractivity contribution in [1.82, 2.24) is 4.90 Å². The minimum absolute atomic E-state index is 0.314. The number of β-amino-alcohol motifs (C(OH)–C–C–N with tert-alkyl or cyclic N) is 1. The van der Waals surface area contributed by atoms with Gasteiger partial charge < -0.3 is 20.5 Å². The largest absolute Gasteiger partial charge is 0.494 e. The van der Waals surface area contributed by atoms with Gasteiger partial charge in [0.25, 0.3) is 0 Å². The number of piperazine rings is 1. The van der Waals surface area contributed by atoms with Crippen LogP contribution in [0.2, 0.25) is 0 Å². The highest BCUT2D eigenvalue weighted by atomic mass is 16.5. The van der Waals surface area contributed by atoms with Crippen LogP contribution in [-0.2, 0) is 12.8 Å². The van der Waals surface area contributed by atoms with Crippen molar-refractivity contribution in [3.8, 4) is 5.75 Å². The third-order valence-electron chi connectivity index (χ3n) is 4.88. The van der Waals surface area contributed by atoms with E-state index in [9.17, 15) is 5.11 Å². The number of aliphatic hydroxyl groups is 1. The number of aryl methyl sites for hydroxylation is 2. The molecule has 136 valence electrons. The summed E-state index contributed by atoms with van der Waals surface area (Å²) < 4.78 is 5.73. The molecule has 0 aliphatic carbocycles. The van der Waals surface area contributed by atoms with Crippen molar-refractivity contribution in [2.24, 2.45) is 5.73 Å². The number of hydrogen-bond donors (Lipinski definition) is 2. The molecule has 24 heavy (non-hydrogen) atoms. The van der Waals surface area contributed by atoms with Gasteiger partial charge in [0, 0.05) is 32.7 Å². The molecule has 1 aromatic carbocycles. The maximum absolute atomic E-state index is 9.95. The Morgan fingerprint density at radius 1 is 1.17 bits per heavy atom. The summed E-state index contributed by atoms with van der Waals surface area (Å²) in [7, 11) is 1.77. The molecule has 1 aliphatic rings. The van der Waals surface area contributed by atoms with Gasteiger partial charge in [-0.15, -0.1) is 0 Å². The van der Waals surface area contributed by atoms with E-state index < -0.39 is 0 Å². The maximum atomic E-state index is 9.95. The van der Waals surface area contributed by atoms with E-state index in [4.69, 9.17) is 10.5 Å². The van der Waals surface area contributed by atoms with Crippen LogP contribution in [0.3, 0.4) is 0 Å². The molecule has 2 rings (SSSR count). The number of ether oxygens (including phenoxy) is 1. The molecular weight excluding hydrogens is 302 g/mol. The lowest BCUT2D eigenvalue weighted by atomic mass is 10.0. The van der Waals surface area contributed by atoms with Crippen molar-refractivity contribution >= 4 is 5.69 Å². The summed E-state index contributed by atoms with van der Waals surface area (Å²) in [6.07, 6.45) is 2.38. The van der Waals surface area contributed by atoms with Gasteiger partial charge in [-0.05, 0) is 43.0 Å². The molecule has 0 bridgehead atoms. The zero-order valence-electron chi connectivity index (χ0n) is 15.4. The van der Waals surface area contributed by atoms with E-state index in [2.05, 4.69) is 35.8 Å². The summed E-state index contributed by atoms with van der Waals surface area (Å²) in [5.74, 6) is 1.02. The smallest absolute Gasteiger partial charge is 0.145 e. The quantitative estimate of drug-likeness (QED) is 0.756. The highest BCUT2D eigenvalue weighted by Crippen LogP contribution is 2.35. The number of anilines is 1. The first kappa shape index (κ1) is 19.0. The monoisotopic (exact) mass is 335 g/mol. The number of aliphatic hydroxyl groups excluding tert-OH is 1. The average molecular weight is 335 g/mol. The lowest BCUT2D eigenvalue weighted by Crippen LogP contribution is -2.49. The third-order valence-corrected chi connectivity index (χ3v) is 4.88. The van der Waals surface area contributed by atoms with E-state index in [1.807, 2.05) is 0 Å². The van der Waals surface area contributed by atoms with Crippen molar-refractivity contribution in [3.63, 3.8) is 0 Å². The average Bonchev–Trinajstić information content (AvgIpc) is 2.61. The summed E-state index contributed by atoms with van der Waals surface area (Å²) >= 11 is 0. The highest BCUT2D eigenvalue weighted by Gasteiger charge is 2.22. The molecule has 1 aliphatic heterocycles. The first-order valence-corrected chi connectivity index (χ1v) is 9.18. The van der Waals surface area contributed by atoms with Crippen LogP contribution in [0, 0.1) is 0 Å². The highest BCUT2D eigenvalue weighted by molar-refractivity contribution is 5.64. The third kappa shape index (κ3) is 4.62. The first-order chi connectivity index (χ1) is 11.6. The summed E-state index contributed by atoms with van der Waals surface area (Å²) in [6.45, 7) is 9.48. The number of nitrogens with zero attached hydrogens (tertiary/aromatic N) is 2. The van der Waals surface area contributed by atoms with Crippen molar-refractivity contribution in [2.75, 3.05) is 51.3 Å². The molecule has 0 spiro atoms. The van der Waals surface area contributed by atoms with Crippen LogP contribution in [0.5, 0.6) is 5.75 Å². The van der Waals surface area contributed by atoms with E-state index in [1.165, 1.54) is 16.8 Å². The molecule has 0 aromatic heterocycles. The van der Waals surface area contributed by atoms with E-state index in [0.717, 1.165) is 51.3 Å². The fraction of sp³-hybridized carbons (Fsp3) is 0.684. The summed E-state index contributed by atoms with van der Waals surface area (Å²) in [5, 5.41) is 9.95. The van der Waals surface area contributed by atoms with Crippen LogP contribution in [0.1, 0.15) is 31.4 Å². The first-order valence-electron chi connectivity index (χ1n) is 9.18. The molecule has 1 aromatic rings. The lowest BCUT2D eigenvalue weighted by Gasteiger charge is -2.37. The van der Waals surface area contributed by atoms with Gasteiger partial charge in [-0.25, -0.2) is 0 Å². The zero-order chi connectivity index (χ0) is 17.5. The topological polar surface area (TPSA) is 62.0 Å². The number of rotatable bonds is 8. The fourth-order valence-corrected chi connectivity index (χ4v) is 3.43. The van der Waals surface area contributed by atoms with Gasteiger partial charge in [0.2, 0.25) is 0 Å². The second-order valence-electron chi connectivity index (χ2n) is 6.53. The summed E-state index contributed by atoms with van der Waals surface area (Å²) in [4.78, 5) is 4.75. The lowest BCUT2D eigenvalue weighted by molar-refractivity contribution is 0.104. The number of nitrogens with two attached hydrogens (primary N) is 1. The molecule has 1 atom stereocenters. The molecule has 3 N–H and O–H groups in total. The van der Waals surface area contributed by atoms with Gasteiger partial charge in [-0.2, -0.15) is 0 Å². The Labute approximate surface area is 146 Å². The Bertz CT molecular complexity index is 514. The van der Waals surface area contributed by atoms with Crippen molar-refractivity contribution in [2.45, 2.75) is 39.2 Å².